The lowest BCUT2D eigenvalue weighted by Crippen LogP contribution is -2.14. The van der Waals surface area contributed by atoms with Crippen molar-refractivity contribution < 1.29 is 13.9 Å². The third-order valence-corrected chi connectivity index (χ3v) is 3.38. The minimum atomic E-state index is -0.414. The van der Waals surface area contributed by atoms with Gasteiger partial charge in [-0.2, -0.15) is 0 Å². The highest BCUT2D eigenvalue weighted by Gasteiger charge is 2.17. The normalized spacial score (nSPS) is 10.6. The summed E-state index contributed by atoms with van der Waals surface area (Å²) in [4.78, 5) is 11.9. The van der Waals surface area contributed by atoms with Crippen molar-refractivity contribution in [3.63, 3.8) is 0 Å². The zero-order chi connectivity index (χ0) is 14.7. The van der Waals surface area contributed by atoms with E-state index >= 15 is 0 Å². The first kappa shape index (κ1) is 14.6. The average molecular weight is 296 g/mol. The number of carbonyl (C=O) groups is 1. The highest BCUT2D eigenvalue weighted by Crippen LogP contribution is 2.22. The molecular formula is C15H15ClFNO2. The lowest BCUT2D eigenvalue weighted by Gasteiger charge is -2.11. The minimum Gasteiger partial charge on any atom is -0.461 e. The van der Waals surface area contributed by atoms with Crippen LogP contribution in [0.25, 0.3) is 0 Å². The molecule has 1 aromatic heterocycles. The summed E-state index contributed by atoms with van der Waals surface area (Å²) in [7, 11) is 0. The first-order chi connectivity index (χ1) is 9.54. The number of rotatable bonds is 4. The molecule has 0 aliphatic rings. The Labute approximate surface area is 121 Å². The number of hydrogen-bond donors (Lipinski definition) is 0. The maximum absolute atomic E-state index is 13.8. The number of ether oxygens (including phenoxy) is 1. The van der Waals surface area contributed by atoms with E-state index in [0.717, 1.165) is 5.56 Å². The summed E-state index contributed by atoms with van der Waals surface area (Å²) >= 11 is 6.01. The van der Waals surface area contributed by atoms with Crippen LogP contribution in [0.3, 0.4) is 0 Å². The van der Waals surface area contributed by atoms with E-state index in [4.69, 9.17) is 16.3 Å². The van der Waals surface area contributed by atoms with Crippen LogP contribution in [0.15, 0.2) is 30.5 Å². The zero-order valence-electron chi connectivity index (χ0n) is 11.3. The molecule has 20 heavy (non-hydrogen) atoms. The smallest absolute Gasteiger partial charge is 0.355 e. The van der Waals surface area contributed by atoms with Crippen molar-refractivity contribution in [2.45, 2.75) is 20.4 Å². The minimum absolute atomic E-state index is 0.188. The highest BCUT2D eigenvalue weighted by molar-refractivity contribution is 6.31. The number of esters is 1. The quantitative estimate of drug-likeness (QED) is 0.803. The summed E-state index contributed by atoms with van der Waals surface area (Å²) < 4.78 is 20.5. The van der Waals surface area contributed by atoms with Crippen LogP contribution in [0.1, 0.15) is 28.5 Å². The Morgan fingerprint density at radius 1 is 1.40 bits per heavy atom. The lowest BCUT2D eigenvalue weighted by atomic mass is 10.2. The van der Waals surface area contributed by atoms with E-state index in [1.54, 1.807) is 35.9 Å². The zero-order valence-corrected chi connectivity index (χ0v) is 12.1. The van der Waals surface area contributed by atoms with Crippen LogP contribution >= 0.6 is 11.6 Å². The molecule has 0 unspecified atom stereocenters. The Morgan fingerprint density at radius 3 is 2.80 bits per heavy atom. The molecule has 5 heteroatoms. The van der Waals surface area contributed by atoms with Crippen molar-refractivity contribution in [1.29, 1.82) is 0 Å². The van der Waals surface area contributed by atoms with Crippen molar-refractivity contribution in [2.75, 3.05) is 6.61 Å². The molecule has 1 heterocycles. The molecule has 0 fully saturated rings. The molecule has 3 nitrogen and oxygen atoms in total. The van der Waals surface area contributed by atoms with Crippen LogP contribution in [-0.4, -0.2) is 17.1 Å². The highest BCUT2D eigenvalue weighted by atomic mass is 35.5. The Hall–Kier alpha value is -1.81. The van der Waals surface area contributed by atoms with E-state index in [9.17, 15) is 9.18 Å². The van der Waals surface area contributed by atoms with Crippen LogP contribution in [0.4, 0.5) is 4.39 Å². The molecule has 0 radical (unpaired) electrons. The second kappa shape index (κ2) is 6.09. The molecule has 0 saturated carbocycles. The van der Waals surface area contributed by atoms with Gasteiger partial charge in [0.25, 0.3) is 0 Å². The maximum atomic E-state index is 13.8. The van der Waals surface area contributed by atoms with Gasteiger partial charge in [-0.05, 0) is 37.6 Å². The van der Waals surface area contributed by atoms with E-state index in [2.05, 4.69) is 0 Å². The molecule has 0 spiro atoms. The summed E-state index contributed by atoms with van der Waals surface area (Å²) in [5.41, 5.74) is 1.57. The third kappa shape index (κ3) is 2.85. The molecule has 0 bridgehead atoms. The molecule has 1 aromatic carbocycles. The number of aromatic nitrogens is 1. The van der Waals surface area contributed by atoms with Crippen molar-refractivity contribution in [3.8, 4) is 0 Å². The fourth-order valence-corrected chi connectivity index (χ4v) is 2.27. The molecule has 0 aliphatic carbocycles. The maximum Gasteiger partial charge on any atom is 0.355 e. The predicted octanol–water partition coefficient (Wildman–Crippen LogP) is 3.81. The Morgan fingerprint density at radius 2 is 2.15 bits per heavy atom. The summed E-state index contributed by atoms with van der Waals surface area (Å²) in [5.74, 6) is -0.805. The third-order valence-electron chi connectivity index (χ3n) is 3.02. The first-order valence-corrected chi connectivity index (χ1v) is 6.68. The number of benzene rings is 1. The van der Waals surface area contributed by atoms with Gasteiger partial charge in [-0.15, -0.1) is 0 Å². The van der Waals surface area contributed by atoms with Gasteiger partial charge in [0, 0.05) is 16.8 Å². The molecule has 0 amide bonds. The number of carbonyl (C=O) groups excluding carboxylic acids is 1. The van der Waals surface area contributed by atoms with Gasteiger partial charge in [-0.25, -0.2) is 9.18 Å². The largest absolute Gasteiger partial charge is 0.461 e. The molecule has 0 saturated heterocycles. The topological polar surface area (TPSA) is 31.2 Å². The first-order valence-electron chi connectivity index (χ1n) is 6.30. The van der Waals surface area contributed by atoms with Gasteiger partial charge >= 0.3 is 5.97 Å². The molecule has 0 aliphatic heterocycles. The molecule has 0 atom stereocenters. The van der Waals surface area contributed by atoms with Gasteiger partial charge in [0.15, 0.2) is 0 Å². The summed E-state index contributed by atoms with van der Waals surface area (Å²) in [6, 6.07) is 6.32. The van der Waals surface area contributed by atoms with E-state index < -0.39 is 11.8 Å². The molecule has 106 valence electrons. The van der Waals surface area contributed by atoms with Gasteiger partial charge in [0.05, 0.1) is 13.2 Å². The van der Waals surface area contributed by atoms with E-state index in [-0.39, 0.29) is 6.54 Å². The summed E-state index contributed by atoms with van der Waals surface area (Å²) in [6.07, 6.45) is 1.73. The number of nitrogens with zero attached hydrogens (tertiary/aromatic N) is 1. The molecule has 0 N–H and O–H groups in total. The lowest BCUT2D eigenvalue weighted by molar-refractivity contribution is 0.0513. The number of aryl methyl sites for hydroxylation is 1. The standard InChI is InChI=1S/C15H15ClFNO2/c1-3-20-15(19)14-10(2)7-8-18(14)9-11-12(16)5-4-6-13(11)17/h4-8H,3,9H2,1-2H3. The van der Waals surface area contributed by atoms with Crippen molar-refractivity contribution in [3.05, 3.63) is 58.1 Å². The van der Waals surface area contributed by atoms with Gasteiger partial charge in [-0.1, -0.05) is 17.7 Å². The van der Waals surface area contributed by atoms with Crippen LogP contribution < -0.4 is 0 Å². The Bertz CT molecular complexity index is 617. The van der Waals surface area contributed by atoms with Crippen LogP contribution in [0.2, 0.25) is 5.02 Å². The fraction of sp³-hybridized carbons (Fsp3) is 0.267. The second-order valence-corrected chi connectivity index (χ2v) is 4.80. The van der Waals surface area contributed by atoms with E-state index in [1.165, 1.54) is 6.07 Å². The summed E-state index contributed by atoms with van der Waals surface area (Å²) in [6.45, 7) is 4.04. The van der Waals surface area contributed by atoms with Crippen LogP contribution in [-0.2, 0) is 11.3 Å². The van der Waals surface area contributed by atoms with Crippen molar-refractivity contribution in [2.24, 2.45) is 0 Å². The Balaban J connectivity index is 2.38. The molecule has 2 aromatic rings. The monoisotopic (exact) mass is 295 g/mol. The van der Waals surface area contributed by atoms with Gasteiger partial charge < -0.3 is 9.30 Å². The van der Waals surface area contributed by atoms with Crippen LogP contribution in [0, 0.1) is 12.7 Å². The van der Waals surface area contributed by atoms with E-state index in [0.29, 0.717) is 22.9 Å². The van der Waals surface area contributed by atoms with Gasteiger partial charge in [0.2, 0.25) is 0 Å². The summed E-state index contributed by atoms with van der Waals surface area (Å²) in [5, 5.41) is 0.339. The number of hydrogen-bond acceptors (Lipinski definition) is 2. The van der Waals surface area contributed by atoms with Crippen molar-refractivity contribution in [1.82, 2.24) is 4.57 Å². The number of halogens is 2. The predicted molar refractivity (Wildman–Crippen MR) is 75.6 cm³/mol. The second-order valence-electron chi connectivity index (χ2n) is 4.40. The van der Waals surface area contributed by atoms with Gasteiger partial charge in [-0.3, -0.25) is 0 Å². The SMILES string of the molecule is CCOC(=O)c1c(C)ccn1Cc1c(F)cccc1Cl. The Kier molecular flexibility index (Phi) is 4.45. The van der Waals surface area contributed by atoms with Crippen LogP contribution in [0.5, 0.6) is 0 Å². The van der Waals surface area contributed by atoms with Crippen molar-refractivity contribution >= 4 is 17.6 Å². The molecular weight excluding hydrogens is 281 g/mol. The van der Waals surface area contributed by atoms with E-state index in [1.807, 2.05) is 6.92 Å². The average Bonchev–Trinajstić information content (AvgIpc) is 2.75. The molecule has 2 rings (SSSR count). The fourth-order valence-electron chi connectivity index (χ4n) is 2.04. The van der Waals surface area contributed by atoms with Gasteiger partial charge in [0.1, 0.15) is 11.5 Å².